The number of para-hydroxylation sites is 1. The van der Waals surface area contributed by atoms with Gasteiger partial charge < -0.3 is 9.47 Å². The maximum atomic E-state index is 2.47. The Labute approximate surface area is 426 Å². The van der Waals surface area contributed by atoms with Crippen molar-refractivity contribution in [2.45, 2.75) is 5.41 Å². The van der Waals surface area contributed by atoms with Gasteiger partial charge in [0.05, 0.1) is 16.4 Å². The van der Waals surface area contributed by atoms with Crippen LogP contribution in [0, 0.1) is 0 Å². The van der Waals surface area contributed by atoms with Crippen LogP contribution in [0.2, 0.25) is 0 Å². The molecule has 342 valence electrons. The first kappa shape index (κ1) is 42.4. The third-order valence-electron chi connectivity index (χ3n) is 15.3. The van der Waals surface area contributed by atoms with Gasteiger partial charge in [-0.25, -0.2) is 0 Å². The van der Waals surface area contributed by atoms with E-state index in [2.05, 4.69) is 301 Å². The van der Waals surface area contributed by atoms with E-state index < -0.39 is 5.41 Å². The van der Waals surface area contributed by atoms with E-state index in [1.54, 1.807) is 0 Å². The number of rotatable bonds is 9. The van der Waals surface area contributed by atoms with Gasteiger partial charge in [0.1, 0.15) is 0 Å². The van der Waals surface area contributed by atoms with Crippen LogP contribution in [0.25, 0.3) is 82.8 Å². The molecular formula is C71H48N2. The van der Waals surface area contributed by atoms with Crippen molar-refractivity contribution >= 4 is 49.6 Å². The molecule has 0 unspecified atom stereocenters. The molecular weight excluding hydrogens is 881 g/mol. The summed E-state index contributed by atoms with van der Waals surface area (Å²) >= 11 is 0. The van der Waals surface area contributed by atoms with E-state index in [-0.39, 0.29) is 0 Å². The number of aromatic nitrogens is 1. The second kappa shape index (κ2) is 17.4. The Morgan fingerprint density at radius 2 is 0.795 bits per heavy atom. The van der Waals surface area contributed by atoms with Crippen molar-refractivity contribution in [1.29, 1.82) is 0 Å². The van der Waals surface area contributed by atoms with Crippen molar-refractivity contribution in [3.8, 4) is 50.2 Å². The van der Waals surface area contributed by atoms with Crippen LogP contribution in [0.3, 0.4) is 0 Å². The molecule has 0 saturated carbocycles. The van der Waals surface area contributed by atoms with Crippen LogP contribution < -0.4 is 4.90 Å². The second-order valence-corrected chi connectivity index (χ2v) is 19.2. The van der Waals surface area contributed by atoms with Gasteiger partial charge in [-0.1, -0.05) is 224 Å². The van der Waals surface area contributed by atoms with Crippen molar-refractivity contribution in [3.63, 3.8) is 0 Å². The highest BCUT2D eigenvalue weighted by atomic mass is 15.1. The van der Waals surface area contributed by atoms with E-state index in [1.165, 1.54) is 88.2 Å². The molecule has 0 amide bonds. The SMILES string of the molecule is c1ccc(-c2ccc(-n3c4ccccc4c4ccc(-c5cccc(N(c6ccc(-c7ccc8ccccc8c7)cc6)c6ccc7c(c6)C(c6ccccc6)(c6ccccc6)c6ccccc6-7)c5)cc43)cc2)cc1. The highest BCUT2D eigenvalue weighted by molar-refractivity contribution is 6.10. The Balaban J connectivity index is 0.937. The largest absolute Gasteiger partial charge is 0.310 e. The Hall–Kier alpha value is -9.50. The van der Waals surface area contributed by atoms with E-state index in [0.717, 1.165) is 33.9 Å². The number of anilines is 3. The van der Waals surface area contributed by atoms with Crippen LogP contribution in [0.1, 0.15) is 22.3 Å². The maximum Gasteiger partial charge on any atom is 0.0714 e. The predicted molar refractivity (Wildman–Crippen MR) is 307 cm³/mol. The zero-order valence-corrected chi connectivity index (χ0v) is 40.1. The van der Waals surface area contributed by atoms with Gasteiger partial charge in [-0.3, -0.25) is 0 Å². The second-order valence-electron chi connectivity index (χ2n) is 19.2. The summed E-state index contributed by atoms with van der Waals surface area (Å²) in [4.78, 5) is 2.45. The molecule has 12 aromatic carbocycles. The van der Waals surface area contributed by atoms with Crippen molar-refractivity contribution in [2.24, 2.45) is 0 Å². The van der Waals surface area contributed by atoms with Gasteiger partial charge in [0.15, 0.2) is 0 Å². The topological polar surface area (TPSA) is 8.17 Å². The first-order valence-electron chi connectivity index (χ1n) is 25.2. The van der Waals surface area contributed by atoms with Gasteiger partial charge in [0, 0.05) is 33.5 Å². The molecule has 1 aliphatic carbocycles. The number of nitrogens with zero attached hydrogens (tertiary/aromatic N) is 2. The molecule has 0 aliphatic heterocycles. The number of hydrogen-bond donors (Lipinski definition) is 0. The van der Waals surface area contributed by atoms with Gasteiger partial charge in [0.2, 0.25) is 0 Å². The van der Waals surface area contributed by atoms with Gasteiger partial charge in [-0.05, 0) is 144 Å². The molecule has 1 aromatic heterocycles. The smallest absolute Gasteiger partial charge is 0.0714 e. The standard InChI is InChI=1S/C71H48N2/c1-4-17-49(18-5-1)51-33-40-60(41-34-51)73-69-30-15-13-28-65(69)66-43-37-56(47-70(66)73)54-21-16-26-61(46-54)72(59-38-35-52(36-39-59)55-32-31-50-19-10-11-20-53(50)45-55)62-42-44-64-63-27-12-14-29-67(63)71(68(64)48-62,57-22-6-2-7-23-57)58-24-8-3-9-25-58/h1-48H. The van der Waals surface area contributed by atoms with E-state index >= 15 is 0 Å². The molecule has 1 heterocycles. The van der Waals surface area contributed by atoms with Crippen molar-refractivity contribution in [2.75, 3.05) is 4.90 Å². The van der Waals surface area contributed by atoms with Gasteiger partial charge in [-0.2, -0.15) is 0 Å². The normalized spacial score (nSPS) is 12.5. The predicted octanol–water partition coefficient (Wildman–Crippen LogP) is 18.8. The van der Waals surface area contributed by atoms with Crippen molar-refractivity contribution in [1.82, 2.24) is 4.57 Å². The average Bonchev–Trinajstić information content (AvgIpc) is 3.96. The van der Waals surface area contributed by atoms with E-state index in [1.807, 2.05) is 0 Å². The maximum absolute atomic E-state index is 2.47. The molecule has 0 bridgehead atoms. The third-order valence-corrected chi connectivity index (χ3v) is 15.3. The number of fused-ring (bicyclic) bond motifs is 7. The fraction of sp³-hybridized carbons (Fsp3) is 0.0141. The van der Waals surface area contributed by atoms with Crippen LogP contribution in [-0.2, 0) is 5.41 Å². The lowest BCUT2D eigenvalue weighted by molar-refractivity contribution is 0.768. The van der Waals surface area contributed by atoms with Crippen LogP contribution in [-0.4, -0.2) is 4.57 Å². The highest BCUT2D eigenvalue weighted by Gasteiger charge is 2.46. The van der Waals surface area contributed by atoms with Crippen molar-refractivity contribution in [3.05, 3.63) is 313 Å². The molecule has 0 saturated heterocycles. The molecule has 73 heavy (non-hydrogen) atoms. The van der Waals surface area contributed by atoms with Crippen LogP contribution >= 0.6 is 0 Å². The minimum atomic E-state index is -0.534. The first-order chi connectivity index (χ1) is 36.2. The van der Waals surface area contributed by atoms with Crippen molar-refractivity contribution < 1.29 is 0 Å². The third kappa shape index (κ3) is 7.02. The molecule has 14 rings (SSSR count). The summed E-state index contributed by atoms with van der Waals surface area (Å²) in [5.74, 6) is 0. The summed E-state index contributed by atoms with van der Waals surface area (Å²) in [6.07, 6.45) is 0. The summed E-state index contributed by atoms with van der Waals surface area (Å²) in [6.45, 7) is 0. The minimum absolute atomic E-state index is 0.534. The lowest BCUT2D eigenvalue weighted by Gasteiger charge is -2.35. The summed E-state index contributed by atoms with van der Waals surface area (Å²) in [5, 5.41) is 4.95. The summed E-state index contributed by atoms with van der Waals surface area (Å²) in [5.41, 5.74) is 20.9. The fourth-order valence-corrected chi connectivity index (χ4v) is 11.9. The van der Waals surface area contributed by atoms with E-state index in [0.29, 0.717) is 0 Å². The molecule has 0 fully saturated rings. The Morgan fingerprint density at radius 1 is 0.274 bits per heavy atom. The van der Waals surface area contributed by atoms with Gasteiger partial charge in [0.25, 0.3) is 0 Å². The molecule has 13 aromatic rings. The quantitative estimate of drug-likeness (QED) is 0.140. The van der Waals surface area contributed by atoms with Gasteiger partial charge >= 0.3 is 0 Å². The number of hydrogen-bond acceptors (Lipinski definition) is 1. The minimum Gasteiger partial charge on any atom is -0.310 e. The lowest BCUT2D eigenvalue weighted by atomic mass is 9.67. The van der Waals surface area contributed by atoms with E-state index in [9.17, 15) is 0 Å². The zero-order valence-electron chi connectivity index (χ0n) is 40.1. The first-order valence-corrected chi connectivity index (χ1v) is 25.2. The lowest BCUT2D eigenvalue weighted by Crippen LogP contribution is -2.28. The van der Waals surface area contributed by atoms with Gasteiger partial charge in [-0.15, -0.1) is 0 Å². The molecule has 0 atom stereocenters. The monoisotopic (exact) mass is 928 g/mol. The van der Waals surface area contributed by atoms with Crippen LogP contribution in [0.4, 0.5) is 17.1 Å². The number of benzene rings is 12. The van der Waals surface area contributed by atoms with E-state index in [4.69, 9.17) is 0 Å². The summed E-state index contributed by atoms with van der Waals surface area (Å²) < 4.78 is 2.42. The molecule has 2 nitrogen and oxygen atoms in total. The highest BCUT2D eigenvalue weighted by Crippen LogP contribution is 2.57. The molecule has 0 spiro atoms. The Morgan fingerprint density at radius 3 is 1.58 bits per heavy atom. The summed E-state index contributed by atoms with van der Waals surface area (Å²) in [6, 6.07) is 107. The zero-order chi connectivity index (χ0) is 48.3. The molecule has 1 aliphatic rings. The molecule has 2 heteroatoms. The molecule has 0 N–H and O–H groups in total. The molecule has 0 radical (unpaired) electrons. The van der Waals surface area contributed by atoms with Crippen LogP contribution in [0.15, 0.2) is 291 Å². The fourth-order valence-electron chi connectivity index (χ4n) is 11.9. The Kier molecular flexibility index (Phi) is 10.1. The Bertz CT molecular complexity index is 4130. The average molecular weight is 929 g/mol. The van der Waals surface area contributed by atoms with Crippen LogP contribution in [0.5, 0.6) is 0 Å². The summed E-state index contributed by atoms with van der Waals surface area (Å²) in [7, 11) is 0.